The van der Waals surface area contributed by atoms with E-state index in [0.29, 0.717) is 30.4 Å². The molecule has 1 amide bonds. The number of fused-ring (bicyclic) bond motifs is 1. The molecule has 0 saturated heterocycles. The second kappa shape index (κ2) is 8.93. The summed E-state index contributed by atoms with van der Waals surface area (Å²) in [6, 6.07) is 5.25. The highest BCUT2D eigenvalue weighted by Crippen LogP contribution is 2.32. The van der Waals surface area contributed by atoms with E-state index in [4.69, 9.17) is 9.47 Å². The average molecular weight is 397 g/mol. The van der Waals surface area contributed by atoms with Gasteiger partial charge < -0.3 is 14.8 Å². The second-order valence-electron chi connectivity index (χ2n) is 7.18. The van der Waals surface area contributed by atoms with E-state index in [1.807, 2.05) is 0 Å². The van der Waals surface area contributed by atoms with Crippen LogP contribution >= 0.6 is 0 Å². The first kappa shape index (κ1) is 19.9. The zero-order valence-corrected chi connectivity index (χ0v) is 16.6. The molecule has 1 N–H and O–H groups in total. The Morgan fingerprint density at radius 1 is 1.11 bits per heavy atom. The lowest BCUT2D eigenvalue weighted by atomic mass is 10.1. The van der Waals surface area contributed by atoms with Gasteiger partial charge in [0.1, 0.15) is 13.2 Å². The van der Waals surface area contributed by atoms with Crippen LogP contribution in [0.2, 0.25) is 0 Å². The first-order valence-corrected chi connectivity index (χ1v) is 11.4. The van der Waals surface area contributed by atoms with E-state index in [-0.39, 0.29) is 24.9 Å². The predicted molar refractivity (Wildman–Crippen MR) is 104 cm³/mol. The van der Waals surface area contributed by atoms with Crippen molar-refractivity contribution in [2.45, 2.75) is 51.0 Å². The minimum atomic E-state index is -3.34. The smallest absolute Gasteiger partial charge is 0.225 e. The van der Waals surface area contributed by atoms with Gasteiger partial charge in [-0.2, -0.15) is 4.31 Å². The Bertz CT molecular complexity index is 757. The van der Waals surface area contributed by atoms with E-state index < -0.39 is 10.0 Å². The van der Waals surface area contributed by atoms with Gasteiger partial charge in [-0.3, -0.25) is 4.79 Å². The number of nitrogens with zero attached hydrogens (tertiary/aromatic N) is 1. The quantitative estimate of drug-likeness (QED) is 0.748. The molecule has 1 saturated carbocycles. The molecule has 1 fully saturated rings. The van der Waals surface area contributed by atoms with Crippen molar-refractivity contribution in [3.05, 3.63) is 18.2 Å². The minimum absolute atomic E-state index is 0.00425. The van der Waals surface area contributed by atoms with Gasteiger partial charge in [-0.25, -0.2) is 8.42 Å². The van der Waals surface area contributed by atoms with E-state index >= 15 is 0 Å². The number of hydrogen-bond donors (Lipinski definition) is 1. The molecule has 1 heterocycles. The molecule has 1 aliphatic heterocycles. The molecule has 3 rings (SSSR count). The fraction of sp³-hybridized carbons (Fsp3) is 0.632. The zero-order valence-electron chi connectivity index (χ0n) is 15.8. The second-order valence-corrected chi connectivity index (χ2v) is 9.11. The maximum absolute atomic E-state index is 12.4. The topological polar surface area (TPSA) is 84.9 Å². The highest BCUT2D eigenvalue weighted by Gasteiger charge is 2.27. The molecule has 0 unspecified atom stereocenters. The van der Waals surface area contributed by atoms with Crippen molar-refractivity contribution in [1.82, 2.24) is 4.31 Å². The van der Waals surface area contributed by atoms with Crippen LogP contribution in [-0.2, 0) is 14.8 Å². The van der Waals surface area contributed by atoms with Crippen LogP contribution in [0.3, 0.4) is 0 Å². The highest BCUT2D eigenvalue weighted by molar-refractivity contribution is 7.88. The van der Waals surface area contributed by atoms with Crippen molar-refractivity contribution in [2.75, 3.05) is 31.3 Å². The van der Waals surface area contributed by atoms with E-state index in [9.17, 15) is 13.2 Å². The molecule has 7 nitrogen and oxygen atoms in total. The molecule has 1 aliphatic carbocycles. The Morgan fingerprint density at radius 2 is 1.78 bits per heavy atom. The average Bonchev–Trinajstić information content (AvgIpc) is 2.90. The summed E-state index contributed by atoms with van der Waals surface area (Å²) in [6.45, 7) is 1.20. The number of rotatable bonds is 6. The summed E-state index contributed by atoms with van der Waals surface area (Å²) in [5.41, 5.74) is 0.615. The molecule has 8 heteroatoms. The Labute approximate surface area is 161 Å². The van der Waals surface area contributed by atoms with Gasteiger partial charge in [0, 0.05) is 30.8 Å². The number of anilines is 1. The van der Waals surface area contributed by atoms with Gasteiger partial charge in [-0.15, -0.1) is 0 Å². The molecule has 2 aliphatic rings. The van der Waals surface area contributed by atoms with Gasteiger partial charge in [-0.05, 0) is 25.0 Å². The summed E-state index contributed by atoms with van der Waals surface area (Å²) < 4.78 is 37.0. The van der Waals surface area contributed by atoms with Crippen LogP contribution < -0.4 is 14.8 Å². The molecule has 150 valence electrons. The maximum Gasteiger partial charge on any atom is 0.225 e. The molecular weight excluding hydrogens is 368 g/mol. The summed E-state index contributed by atoms with van der Waals surface area (Å²) in [7, 11) is -3.34. The zero-order chi connectivity index (χ0) is 19.3. The number of benzene rings is 1. The van der Waals surface area contributed by atoms with Crippen molar-refractivity contribution in [3.63, 3.8) is 0 Å². The van der Waals surface area contributed by atoms with Crippen molar-refractivity contribution in [1.29, 1.82) is 0 Å². The summed E-state index contributed by atoms with van der Waals surface area (Å²) in [6.07, 6.45) is 7.49. The van der Waals surface area contributed by atoms with E-state index in [0.717, 1.165) is 38.5 Å². The monoisotopic (exact) mass is 396 g/mol. The Balaban J connectivity index is 1.59. The lowest BCUT2D eigenvalue weighted by Crippen LogP contribution is -2.41. The number of carbonyl (C=O) groups excluding carboxylic acids is 1. The van der Waals surface area contributed by atoms with Gasteiger partial charge in [0.25, 0.3) is 0 Å². The summed E-state index contributed by atoms with van der Waals surface area (Å²) >= 11 is 0. The number of carbonyl (C=O) groups is 1. The fourth-order valence-corrected chi connectivity index (χ4v) is 4.90. The molecule has 1 aromatic rings. The van der Waals surface area contributed by atoms with Crippen molar-refractivity contribution in [3.8, 4) is 11.5 Å². The lowest BCUT2D eigenvalue weighted by Gasteiger charge is -2.28. The Kier molecular flexibility index (Phi) is 6.59. The van der Waals surface area contributed by atoms with Crippen LogP contribution in [0.15, 0.2) is 18.2 Å². The fourth-order valence-electron chi connectivity index (χ4n) is 3.72. The van der Waals surface area contributed by atoms with Crippen LogP contribution in [-0.4, -0.2) is 50.7 Å². The van der Waals surface area contributed by atoms with E-state index in [1.165, 1.54) is 10.6 Å². The third-order valence-corrected chi connectivity index (χ3v) is 6.38. The van der Waals surface area contributed by atoms with Crippen LogP contribution in [0, 0.1) is 0 Å². The number of nitrogens with one attached hydrogen (secondary N) is 1. The molecule has 0 radical (unpaired) electrons. The highest BCUT2D eigenvalue weighted by atomic mass is 32.2. The van der Waals surface area contributed by atoms with Gasteiger partial charge in [0.05, 0.1) is 6.26 Å². The summed E-state index contributed by atoms with van der Waals surface area (Å²) in [5.74, 6) is 1.06. The first-order chi connectivity index (χ1) is 12.9. The van der Waals surface area contributed by atoms with Crippen LogP contribution in [0.1, 0.15) is 44.9 Å². The van der Waals surface area contributed by atoms with Gasteiger partial charge in [-0.1, -0.05) is 25.7 Å². The van der Waals surface area contributed by atoms with E-state index in [2.05, 4.69) is 5.32 Å². The number of ether oxygens (including phenoxy) is 2. The molecule has 0 bridgehead atoms. The normalized spacial score (nSPS) is 18.1. The standard InChI is InChI=1S/C19H28N2O5S/c1-27(23,24)21(16-6-4-2-3-5-7-16)11-10-19(22)20-15-8-9-17-18(14-15)26-13-12-25-17/h8-9,14,16H,2-7,10-13H2,1H3,(H,20,22). The van der Waals surface area contributed by atoms with Crippen LogP contribution in [0.4, 0.5) is 5.69 Å². The third kappa shape index (κ3) is 5.59. The molecule has 27 heavy (non-hydrogen) atoms. The molecule has 0 spiro atoms. The Hall–Kier alpha value is -1.80. The lowest BCUT2D eigenvalue weighted by molar-refractivity contribution is -0.116. The summed E-state index contributed by atoms with van der Waals surface area (Å²) in [5, 5.41) is 2.82. The maximum atomic E-state index is 12.4. The number of sulfonamides is 1. The van der Waals surface area contributed by atoms with Gasteiger partial charge >= 0.3 is 0 Å². The first-order valence-electron chi connectivity index (χ1n) is 9.60. The number of hydrogen-bond acceptors (Lipinski definition) is 5. The molecule has 1 aromatic carbocycles. The van der Waals surface area contributed by atoms with Crippen LogP contribution in [0.25, 0.3) is 0 Å². The van der Waals surface area contributed by atoms with Crippen molar-refractivity contribution < 1.29 is 22.7 Å². The van der Waals surface area contributed by atoms with Crippen LogP contribution in [0.5, 0.6) is 11.5 Å². The molecule has 0 aromatic heterocycles. The molecule has 0 atom stereocenters. The minimum Gasteiger partial charge on any atom is -0.486 e. The van der Waals surface area contributed by atoms with Gasteiger partial charge in [0.15, 0.2) is 11.5 Å². The van der Waals surface area contributed by atoms with Crippen molar-refractivity contribution in [2.24, 2.45) is 0 Å². The Morgan fingerprint density at radius 3 is 2.44 bits per heavy atom. The predicted octanol–water partition coefficient (Wildman–Crippen LogP) is 2.77. The largest absolute Gasteiger partial charge is 0.486 e. The van der Waals surface area contributed by atoms with Gasteiger partial charge in [0.2, 0.25) is 15.9 Å². The number of amides is 1. The van der Waals surface area contributed by atoms with Crippen molar-refractivity contribution >= 4 is 21.6 Å². The molecular formula is C19H28N2O5S. The van der Waals surface area contributed by atoms with E-state index in [1.54, 1.807) is 18.2 Å². The summed E-state index contributed by atoms with van der Waals surface area (Å²) in [4.78, 5) is 12.4. The SMILES string of the molecule is CS(=O)(=O)N(CCC(=O)Nc1ccc2c(c1)OCCO2)C1CCCCCC1. The third-order valence-electron chi connectivity index (χ3n) is 5.04.